The van der Waals surface area contributed by atoms with Crippen molar-refractivity contribution in [3.8, 4) is 11.5 Å². The summed E-state index contributed by atoms with van der Waals surface area (Å²) in [6.07, 6.45) is 2.16. The van der Waals surface area contributed by atoms with E-state index in [0.717, 1.165) is 45.7 Å². The Morgan fingerprint density at radius 2 is 1.59 bits per heavy atom. The van der Waals surface area contributed by atoms with E-state index in [-0.39, 0.29) is 23.3 Å². The highest BCUT2D eigenvalue weighted by Crippen LogP contribution is 2.38. The molecule has 0 fully saturated rings. The fraction of sp³-hybridized carbons (Fsp3) is 0.567. The van der Waals surface area contributed by atoms with Crippen molar-refractivity contribution >= 4 is 11.6 Å². The summed E-state index contributed by atoms with van der Waals surface area (Å²) >= 11 is 0. The van der Waals surface area contributed by atoms with E-state index in [1.165, 1.54) is 0 Å². The van der Waals surface area contributed by atoms with Crippen LogP contribution in [0.1, 0.15) is 102 Å². The van der Waals surface area contributed by atoms with E-state index in [9.17, 15) is 9.90 Å². The molecule has 0 spiro atoms. The first kappa shape index (κ1) is 27.8. The van der Waals surface area contributed by atoms with Crippen LogP contribution in [-0.2, 0) is 16.6 Å². The van der Waals surface area contributed by atoms with Gasteiger partial charge in [-0.2, -0.15) is 0 Å². The molecule has 1 unspecified atom stereocenters. The zero-order valence-corrected chi connectivity index (χ0v) is 22.9. The third-order valence-corrected chi connectivity index (χ3v) is 6.14. The number of aromatic hydroxyl groups is 1. The summed E-state index contributed by atoms with van der Waals surface area (Å²) in [5.41, 5.74) is 5.64. The summed E-state index contributed by atoms with van der Waals surface area (Å²) in [4.78, 5) is 12.8. The Morgan fingerprint density at radius 3 is 2.09 bits per heavy atom. The molecule has 1 amide bonds. The SMILES string of the molecule is Cc1cc(NC(=O)CCc2cc(C(C)C)c(O)c(C(C)(C)C)c2)cc(C)c1OC(C)CC(C)C. The topological polar surface area (TPSA) is 58.6 Å². The molecule has 0 aliphatic rings. The summed E-state index contributed by atoms with van der Waals surface area (Å²) in [7, 11) is 0. The predicted molar refractivity (Wildman–Crippen MR) is 143 cm³/mol. The van der Waals surface area contributed by atoms with Gasteiger partial charge in [-0.25, -0.2) is 0 Å². The normalized spacial score (nSPS) is 12.8. The maximum Gasteiger partial charge on any atom is 0.224 e. The van der Waals surface area contributed by atoms with Crippen molar-refractivity contribution in [2.24, 2.45) is 5.92 Å². The molecule has 0 heterocycles. The van der Waals surface area contributed by atoms with E-state index >= 15 is 0 Å². The summed E-state index contributed by atoms with van der Waals surface area (Å²) in [6, 6.07) is 8.06. The first-order chi connectivity index (χ1) is 15.7. The van der Waals surface area contributed by atoms with Gasteiger partial charge in [0.25, 0.3) is 0 Å². The van der Waals surface area contributed by atoms with Crippen molar-refractivity contribution in [3.63, 3.8) is 0 Å². The molecular formula is C30H45NO3. The number of carbonyl (C=O) groups is 1. The summed E-state index contributed by atoms with van der Waals surface area (Å²) in [6.45, 7) is 21.0. The van der Waals surface area contributed by atoms with Crippen molar-refractivity contribution in [2.45, 2.75) is 106 Å². The van der Waals surface area contributed by atoms with Gasteiger partial charge in [0, 0.05) is 12.1 Å². The highest BCUT2D eigenvalue weighted by Gasteiger charge is 2.22. The maximum absolute atomic E-state index is 12.8. The Hall–Kier alpha value is -2.49. The third-order valence-electron chi connectivity index (χ3n) is 6.14. The molecule has 0 saturated heterocycles. The van der Waals surface area contributed by atoms with E-state index in [2.05, 4.69) is 60.7 Å². The van der Waals surface area contributed by atoms with Crippen molar-refractivity contribution in [2.75, 3.05) is 5.32 Å². The molecule has 0 radical (unpaired) electrons. The van der Waals surface area contributed by atoms with E-state index < -0.39 is 0 Å². The van der Waals surface area contributed by atoms with Gasteiger partial charge in [-0.15, -0.1) is 0 Å². The number of nitrogens with one attached hydrogen (secondary N) is 1. The average Bonchev–Trinajstić information content (AvgIpc) is 2.68. The van der Waals surface area contributed by atoms with Gasteiger partial charge in [0.15, 0.2) is 0 Å². The van der Waals surface area contributed by atoms with E-state index in [1.54, 1.807) is 0 Å². The van der Waals surface area contributed by atoms with E-state index in [4.69, 9.17) is 4.74 Å². The van der Waals surface area contributed by atoms with Crippen LogP contribution >= 0.6 is 0 Å². The average molecular weight is 468 g/mol. The number of rotatable bonds is 9. The van der Waals surface area contributed by atoms with Crippen molar-refractivity contribution in [3.05, 3.63) is 52.1 Å². The number of carbonyl (C=O) groups excluding carboxylic acids is 1. The molecule has 188 valence electrons. The zero-order chi connectivity index (χ0) is 25.8. The number of ether oxygens (including phenoxy) is 1. The van der Waals surface area contributed by atoms with Crippen molar-refractivity contribution in [1.82, 2.24) is 0 Å². The molecule has 2 aromatic rings. The third kappa shape index (κ3) is 7.51. The lowest BCUT2D eigenvalue weighted by Crippen LogP contribution is -2.17. The second-order valence-electron chi connectivity index (χ2n) is 11.5. The Bertz CT molecular complexity index is 976. The first-order valence-corrected chi connectivity index (χ1v) is 12.6. The van der Waals surface area contributed by atoms with Crippen molar-refractivity contribution < 1.29 is 14.6 Å². The number of phenolic OH excluding ortho intramolecular Hbond substituents is 1. The molecule has 0 bridgehead atoms. The molecule has 0 aromatic heterocycles. The molecule has 4 heteroatoms. The fourth-order valence-corrected chi connectivity index (χ4v) is 4.48. The standard InChI is InChI=1S/C30H45NO3/c1-18(2)13-22(7)34-29-20(5)14-24(15-21(29)6)31-27(32)12-11-23-16-25(19(3)4)28(33)26(17-23)30(8,9)10/h14-19,22,33H,11-13H2,1-10H3,(H,31,32). The fourth-order valence-electron chi connectivity index (χ4n) is 4.48. The summed E-state index contributed by atoms with van der Waals surface area (Å²) in [5.74, 6) is 2.07. The highest BCUT2D eigenvalue weighted by atomic mass is 16.5. The Kier molecular flexibility index (Phi) is 9.22. The molecule has 2 aromatic carbocycles. The molecular weight excluding hydrogens is 422 g/mol. The summed E-state index contributed by atoms with van der Waals surface area (Å²) in [5, 5.41) is 13.8. The minimum Gasteiger partial charge on any atom is -0.507 e. The largest absolute Gasteiger partial charge is 0.507 e. The van der Waals surface area contributed by atoms with Gasteiger partial charge in [0.05, 0.1) is 6.10 Å². The minimum atomic E-state index is -0.169. The molecule has 0 aliphatic heterocycles. The number of hydrogen-bond donors (Lipinski definition) is 2. The van der Waals surface area contributed by atoms with Gasteiger partial charge in [0.1, 0.15) is 11.5 Å². The van der Waals surface area contributed by atoms with Gasteiger partial charge >= 0.3 is 0 Å². The maximum atomic E-state index is 12.8. The first-order valence-electron chi connectivity index (χ1n) is 12.6. The van der Waals surface area contributed by atoms with Crippen LogP contribution < -0.4 is 10.1 Å². The summed E-state index contributed by atoms with van der Waals surface area (Å²) < 4.78 is 6.20. The van der Waals surface area contributed by atoms with Crippen molar-refractivity contribution in [1.29, 1.82) is 0 Å². The smallest absolute Gasteiger partial charge is 0.224 e. The predicted octanol–water partition coefficient (Wildman–Crippen LogP) is 7.81. The number of amides is 1. The van der Waals surface area contributed by atoms with Gasteiger partial charge in [0.2, 0.25) is 5.91 Å². The van der Waals surface area contributed by atoms with Crippen LogP contribution in [0.4, 0.5) is 5.69 Å². The van der Waals surface area contributed by atoms with Gasteiger partial charge in [-0.3, -0.25) is 4.79 Å². The number of hydrogen-bond acceptors (Lipinski definition) is 3. The van der Waals surface area contributed by atoms with Crippen LogP contribution in [0.25, 0.3) is 0 Å². The Labute approximate surface area is 207 Å². The van der Waals surface area contributed by atoms with E-state index in [0.29, 0.717) is 24.5 Å². The van der Waals surface area contributed by atoms with E-state index in [1.807, 2.05) is 38.1 Å². The molecule has 4 nitrogen and oxygen atoms in total. The Morgan fingerprint density at radius 1 is 1.00 bits per heavy atom. The van der Waals surface area contributed by atoms with Crippen LogP contribution in [0.5, 0.6) is 11.5 Å². The number of aryl methyl sites for hydroxylation is 3. The molecule has 0 saturated carbocycles. The van der Waals surface area contributed by atoms with Gasteiger partial charge in [-0.1, -0.05) is 60.6 Å². The number of phenols is 1. The van der Waals surface area contributed by atoms with Crippen LogP contribution in [0.15, 0.2) is 24.3 Å². The highest BCUT2D eigenvalue weighted by molar-refractivity contribution is 5.91. The van der Waals surface area contributed by atoms with Gasteiger partial charge < -0.3 is 15.2 Å². The van der Waals surface area contributed by atoms with Crippen LogP contribution in [0, 0.1) is 19.8 Å². The lowest BCUT2D eigenvalue weighted by Gasteiger charge is -2.24. The molecule has 34 heavy (non-hydrogen) atoms. The molecule has 2 N–H and O–H groups in total. The van der Waals surface area contributed by atoms with Crippen LogP contribution in [0.3, 0.4) is 0 Å². The van der Waals surface area contributed by atoms with Crippen LogP contribution in [0.2, 0.25) is 0 Å². The minimum absolute atomic E-state index is 0.0166. The molecule has 2 rings (SSSR count). The lowest BCUT2D eigenvalue weighted by atomic mass is 9.82. The second-order valence-corrected chi connectivity index (χ2v) is 11.5. The number of benzene rings is 2. The molecule has 0 aliphatic carbocycles. The quantitative estimate of drug-likeness (QED) is 0.395. The molecule has 1 atom stereocenters. The van der Waals surface area contributed by atoms with Gasteiger partial charge in [-0.05, 0) is 90.8 Å². The Balaban J connectivity index is 2.12. The second kappa shape index (κ2) is 11.3. The monoisotopic (exact) mass is 467 g/mol. The van der Waals surface area contributed by atoms with Crippen LogP contribution in [-0.4, -0.2) is 17.1 Å². The lowest BCUT2D eigenvalue weighted by molar-refractivity contribution is -0.116. The number of anilines is 1. The zero-order valence-electron chi connectivity index (χ0n) is 22.9.